The molecule has 118 valence electrons. The molecule has 0 radical (unpaired) electrons. The van der Waals surface area contributed by atoms with E-state index in [9.17, 15) is 0 Å². The maximum Gasteiger partial charge on any atom is 0.239 e. The Labute approximate surface area is 128 Å². The Balaban J connectivity index is 2.09. The molecule has 0 saturated carbocycles. The minimum Gasteiger partial charge on any atom is -0.476 e. The summed E-state index contributed by atoms with van der Waals surface area (Å²) in [7, 11) is 0. The second kappa shape index (κ2) is 6.12. The van der Waals surface area contributed by atoms with Gasteiger partial charge >= 0.3 is 0 Å². The lowest BCUT2D eigenvalue weighted by atomic mass is 9.80. The molecular weight excluding hydrogens is 262 g/mol. The molecule has 4 heteroatoms. The van der Waals surface area contributed by atoms with Gasteiger partial charge in [-0.2, -0.15) is 4.98 Å². The van der Waals surface area contributed by atoms with Crippen LogP contribution in [-0.4, -0.2) is 24.7 Å². The highest BCUT2D eigenvalue weighted by Gasteiger charge is 2.32. The van der Waals surface area contributed by atoms with Crippen molar-refractivity contribution < 1.29 is 4.74 Å². The Hall–Kier alpha value is -1.45. The Morgan fingerprint density at radius 1 is 1.38 bits per heavy atom. The van der Waals surface area contributed by atoms with Gasteiger partial charge in [-0.15, -0.1) is 0 Å². The van der Waals surface area contributed by atoms with E-state index in [4.69, 9.17) is 10.5 Å². The number of anilines is 2. The molecule has 0 amide bonds. The van der Waals surface area contributed by atoms with Crippen LogP contribution < -0.4 is 15.4 Å². The maximum atomic E-state index is 5.96. The van der Waals surface area contributed by atoms with Crippen molar-refractivity contribution in [3.05, 3.63) is 12.1 Å². The summed E-state index contributed by atoms with van der Waals surface area (Å²) < 4.78 is 5.73. The second-order valence-electron chi connectivity index (χ2n) is 7.57. The zero-order chi connectivity index (χ0) is 15.6. The van der Waals surface area contributed by atoms with Gasteiger partial charge in [-0.05, 0) is 35.8 Å². The Kier molecular flexibility index (Phi) is 4.64. The summed E-state index contributed by atoms with van der Waals surface area (Å²) in [6, 6.07) is 3.91. The van der Waals surface area contributed by atoms with Crippen molar-refractivity contribution in [2.75, 3.05) is 30.3 Å². The van der Waals surface area contributed by atoms with Gasteiger partial charge < -0.3 is 15.4 Å². The van der Waals surface area contributed by atoms with E-state index >= 15 is 0 Å². The van der Waals surface area contributed by atoms with Crippen molar-refractivity contribution in [3.8, 4) is 5.88 Å². The number of pyridine rings is 1. The number of nitrogens with two attached hydrogens (primary N) is 1. The largest absolute Gasteiger partial charge is 0.476 e. The molecule has 1 aromatic rings. The fourth-order valence-electron chi connectivity index (χ4n) is 2.65. The van der Waals surface area contributed by atoms with Gasteiger partial charge in [-0.3, -0.25) is 0 Å². The molecule has 1 aliphatic rings. The summed E-state index contributed by atoms with van der Waals surface area (Å²) in [4.78, 5) is 6.97. The smallest absolute Gasteiger partial charge is 0.239 e. The number of hydrogen-bond donors (Lipinski definition) is 1. The van der Waals surface area contributed by atoms with Crippen molar-refractivity contribution in [1.29, 1.82) is 0 Å². The summed E-state index contributed by atoms with van der Waals surface area (Å²) in [5.41, 5.74) is 6.93. The van der Waals surface area contributed by atoms with Crippen LogP contribution in [0.15, 0.2) is 12.1 Å². The van der Waals surface area contributed by atoms with Gasteiger partial charge in [0.2, 0.25) is 5.88 Å². The Bertz CT molecular complexity index is 479. The van der Waals surface area contributed by atoms with Crippen LogP contribution in [0, 0.1) is 17.3 Å². The van der Waals surface area contributed by atoms with Crippen molar-refractivity contribution >= 4 is 11.5 Å². The first-order valence-corrected chi connectivity index (χ1v) is 7.91. The third-order valence-corrected chi connectivity index (χ3v) is 4.17. The van der Waals surface area contributed by atoms with Gasteiger partial charge in [0, 0.05) is 13.1 Å². The summed E-state index contributed by atoms with van der Waals surface area (Å²) in [5.74, 6) is 2.72. The third-order valence-electron chi connectivity index (χ3n) is 4.17. The van der Waals surface area contributed by atoms with E-state index in [0.29, 0.717) is 35.4 Å². The molecule has 1 unspecified atom stereocenters. The molecule has 0 aromatic carbocycles. The Morgan fingerprint density at radius 2 is 2.10 bits per heavy atom. The van der Waals surface area contributed by atoms with E-state index in [1.165, 1.54) is 6.42 Å². The summed E-state index contributed by atoms with van der Waals surface area (Å²) in [6.45, 7) is 13.9. The van der Waals surface area contributed by atoms with Crippen LogP contribution in [0.4, 0.5) is 11.5 Å². The quantitative estimate of drug-likeness (QED) is 0.921. The van der Waals surface area contributed by atoms with Gasteiger partial charge in [-0.25, -0.2) is 0 Å². The van der Waals surface area contributed by atoms with E-state index in [2.05, 4.69) is 44.5 Å². The summed E-state index contributed by atoms with van der Waals surface area (Å²) in [5, 5.41) is 0. The molecule has 1 aromatic heterocycles. The first kappa shape index (κ1) is 15.9. The minimum absolute atomic E-state index is 0.347. The number of hydrogen-bond acceptors (Lipinski definition) is 4. The molecule has 2 N–H and O–H groups in total. The molecule has 4 nitrogen and oxygen atoms in total. The van der Waals surface area contributed by atoms with Gasteiger partial charge in [0.1, 0.15) is 5.82 Å². The number of nitrogens with zero attached hydrogens (tertiary/aromatic N) is 2. The number of nitrogen functional groups attached to an aromatic ring is 1. The fraction of sp³-hybridized carbons (Fsp3) is 0.706. The lowest BCUT2D eigenvalue weighted by Crippen LogP contribution is -2.26. The predicted octanol–water partition coefficient (Wildman–Crippen LogP) is 3.57. The summed E-state index contributed by atoms with van der Waals surface area (Å²) >= 11 is 0. The van der Waals surface area contributed by atoms with Crippen LogP contribution >= 0.6 is 0 Å². The Morgan fingerprint density at radius 3 is 2.67 bits per heavy atom. The standard InChI is InChI=1S/C17H29N3O/c1-12(2)11-21-16-14(18)6-7-15(19-16)20-9-8-13(10-20)17(3,4)5/h6-7,12-13H,8-11,18H2,1-5H3. The van der Waals surface area contributed by atoms with Crippen LogP contribution in [0.25, 0.3) is 0 Å². The van der Waals surface area contributed by atoms with E-state index in [0.717, 1.165) is 18.9 Å². The lowest BCUT2D eigenvalue weighted by Gasteiger charge is -2.27. The van der Waals surface area contributed by atoms with Crippen LogP contribution in [-0.2, 0) is 0 Å². The maximum absolute atomic E-state index is 5.96. The fourth-order valence-corrected chi connectivity index (χ4v) is 2.65. The van der Waals surface area contributed by atoms with Crippen molar-refractivity contribution in [2.45, 2.75) is 41.0 Å². The van der Waals surface area contributed by atoms with Crippen LogP contribution in [0.3, 0.4) is 0 Å². The normalized spacial score (nSPS) is 19.3. The monoisotopic (exact) mass is 291 g/mol. The van der Waals surface area contributed by atoms with Crippen molar-refractivity contribution in [3.63, 3.8) is 0 Å². The topological polar surface area (TPSA) is 51.4 Å². The van der Waals surface area contributed by atoms with Crippen molar-refractivity contribution in [2.24, 2.45) is 17.3 Å². The summed E-state index contributed by atoms with van der Waals surface area (Å²) in [6.07, 6.45) is 1.22. The van der Waals surface area contributed by atoms with Crippen LogP contribution in [0.5, 0.6) is 5.88 Å². The average molecular weight is 291 g/mol. The van der Waals surface area contributed by atoms with E-state index < -0.39 is 0 Å². The minimum atomic E-state index is 0.347. The SMILES string of the molecule is CC(C)COc1nc(N2CCC(C(C)(C)C)C2)ccc1N. The first-order chi connectivity index (χ1) is 9.77. The van der Waals surface area contributed by atoms with Crippen molar-refractivity contribution in [1.82, 2.24) is 4.98 Å². The zero-order valence-corrected chi connectivity index (χ0v) is 14.0. The lowest BCUT2D eigenvalue weighted by molar-refractivity contribution is 0.261. The molecule has 0 bridgehead atoms. The van der Waals surface area contributed by atoms with E-state index in [-0.39, 0.29) is 0 Å². The molecular formula is C17H29N3O. The second-order valence-corrected chi connectivity index (χ2v) is 7.57. The molecule has 1 saturated heterocycles. The average Bonchev–Trinajstić information content (AvgIpc) is 2.87. The van der Waals surface area contributed by atoms with Gasteiger partial charge in [0.15, 0.2) is 0 Å². The molecule has 0 aliphatic carbocycles. The van der Waals surface area contributed by atoms with Gasteiger partial charge in [0.25, 0.3) is 0 Å². The number of rotatable bonds is 4. The van der Waals surface area contributed by atoms with E-state index in [1.54, 1.807) is 0 Å². The molecule has 0 spiro atoms. The highest BCUT2D eigenvalue weighted by atomic mass is 16.5. The third kappa shape index (κ3) is 4.02. The van der Waals surface area contributed by atoms with Gasteiger partial charge in [0.05, 0.1) is 12.3 Å². The molecule has 2 heterocycles. The van der Waals surface area contributed by atoms with Crippen LogP contribution in [0.2, 0.25) is 0 Å². The first-order valence-electron chi connectivity index (χ1n) is 7.91. The highest BCUT2D eigenvalue weighted by molar-refractivity contribution is 5.55. The molecule has 1 fully saturated rings. The number of aromatic nitrogens is 1. The molecule has 21 heavy (non-hydrogen) atoms. The number of ether oxygens (including phenoxy) is 1. The highest BCUT2D eigenvalue weighted by Crippen LogP contribution is 2.36. The van der Waals surface area contributed by atoms with Crippen LogP contribution in [0.1, 0.15) is 41.0 Å². The van der Waals surface area contributed by atoms with Gasteiger partial charge in [-0.1, -0.05) is 34.6 Å². The molecule has 1 atom stereocenters. The zero-order valence-electron chi connectivity index (χ0n) is 14.0. The molecule has 2 rings (SSSR count). The molecule has 1 aliphatic heterocycles. The predicted molar refractivity (Wildman–Crippen MR) is 88.8 cm³/mol. The van der Waals surface area contributed by atoms with E-state index in [1.807, 2.05) is 12.1 Å².